The molecule has 0 atom stereocenters. The van der Waals surface area contributed by atoms with Crippen LogP contribution in [0.1, 0.15) is 10.4 Å². The molecule has 0 saturated heterocycles. The Bertz CT molecular complexity index is 730. The molecule has 7 heteroatoms. The molecule has 1 aromatic heterocycles. The molecule has 0 aliphatic rings. The summed E-state index contributed by atoms with van der Waals surface area (Å²) in [6.45, 7) is -0.0456. The predicted molar refractivity (Wildman–Crippen MR) is 85.6 cm³/mol. The third-order valence-corrected chi connectivity index (χ3v) is 3.02. The first kappa shape index (κ1) is 16.3. The molecule has 0 unspecified atom stereocenters. The van der Waals surface area contributed by atoms with Crippen LogP contribution in [0.3, 0.4) is 0 Å². The average Bonchev–Trinajstić information content (AvgIpc) is 2.54. The monoisotopic (exact) mass is 315 g/mol. The molecule has 2 N–H and O–H groups in total. The van der Waals surface area contributed by atoms with Crippen molar-refractivity contribution in [1.29, 1.82) is 0 Å². The Balaban J connectivity index is 1.94. The van der Waals surface area contributed by atoms with E-state index in [0.717, 1.165) is 0 Å². The van der Waals surface area contributed by atoms with Crippen molar-refractivity contribution in [1.82, 2.24) is 9.88 Å². The van der Waals surface area contributed by atoms with Crippen LogP contribution in [0.15, 0.2) is 47.4 Å². The molecule has 0 bridgehead atoms. The number of aromatic nitrogens is 1. The summed E-state index contributed by atoms with van der Waals surface area (Å²) in [5.41, 5.74) is 0.657. The molecule has 0 radical (unpaired) electrons. The number of nitrogens with zero attached hydrogens (tertiary/aromatic N) is 1. The van der Waals surface area contributed by atoms with Gasteiger partial charge in [-0.1, -0.05) is 0 Å². The Hall–Kier alpha value is -3.09. The molecular weight excluding hydrogens is 298 g/mol. The van der Waals surface area contributed by atoms with Crippen LogP contribution in [0, 0.1) is 0 Å². The highest BCUT2D eigenvalue weighted by atomic mass is 16.5. The second kappa shape index (κ2) is 7.26. The van der Waals surface area contributed by atoms with E-state index in [2.05, 4.69) is 10.3 Å². The third-order valence-electron chi connectivity index (χ3n) is 3.02. The number of ether oxygens (including phenoxy) is 1. The van der Waals surface area contributed by atoms with Crippen molar-refractivity contribution in [2.45, 2.75) is 0 Å². The van der Waals surface area contributed by atoms with Gasteiger partial charge in [-0.05, 0) is 30.3 Å². The number of amides is 2. The number of rotatable bonds is 5. The minimum Gasteiger partial charge on any atom is -0.484 e. The maximum Gasteiger partial charge on any atom is 0.259 e. The van der Waals surface area contributed by atoms with Gasteiger partial charge in [0.05, 0.1) is 5.56 Å². The van der Waals surface area contributed by atoms with E-state index in [1.165, 1.54) is 23.2 Å². The van der Waals surface area contributed by atoms with Gasteiger partial charge < -0.3 is 19.9 Å². The first-order valence-corrected chi connectivity index (χ1v) is 6.89. The second-order valence-electron chi connectivity index (χ2n) is 5.00. The number of anilines is 1. The zero-order valence-electron chi connectivity index (χ0n) is 12.8. The van der Waals surface area contributed by atoms with Crippen molar-refractivity contribution in [2.75, 3.05) is 26.0 Å². The Labute approximate surface area is 132 Å². The standard InChI is InChI=1S/C16H17N3O4/c1-19(2)15(21)10-23-13-6-4-12(5-7-13)18-16(22)11-3-8-14(20)17-9-11/h3-9H,10H2,1-2H3,(H,17,20)(H,18,22). The Morgan fingerprint density at radius 2 is 1.83 bits per heavy atom. The van der Waals surface area contributed by atoms with Gasteiger partial charge in [-0.15, -0.1) is 0 Å². The van der Waals surface area contributed by atoms with Crippen molar-refractivity contribution in [2.24, 2.45) is 0 Å². The third kappa shape index (κ3) is 4.70. The van der Waals surface area contributed by atoms with Crippen LogP contribution < -0.4 is 15.6 Å². The van der Waals surface area contributed by atoms with Gasteiger partial charge in [-0.25, -0.2) is 0 Å². The predicted octanol–water partition coefficient (Wildman–Crippen LogP) is 1.09. The zero-order chi connectivity index (χ0) is 16.8. The molecular formula is C16H17N3O4. The van der Waals surface area contributed by atoms with Crippen LogP contribution in [0.2, 0.25) is 0 Å². The molecule has 2 amide bonds. The fourth-order valence-corrected chi connectivity index (χ4v) is 1.66. The van der Waals surface area contributed by atoms with E-state index in [0.29, 0.717) is 17.0 Å². The zero-order valence-corrected chi connectivity index (χ0v) is 12.8. The molecule has 0 saturated carbocycles. The number of carbonyl (C=O) groups is 2. The number of nitrogens with one attached hydrogen (secondary N) is 2. The van der Waals surface area contributed by atoms with Gasteiger partial charge in [0, 0.05) is 32.0 Å². The molecule has 2 rings (SSSR count). The fourth-order valence-electron chi connectivity index (χ4n) is 1.66. The number of H-pyrrole nitrogens is 1. The number of hydrogen-bond donors (Lipinski definition) is 2. The van der Waals surface area contributed by atoms with Crippen LogP contribution in [0.4, 0.5) is 5.69 Å². The largest absolute Gasteiger partial charge is 0.484 e. The molecule has 1 aromatic carbocycles. The van der Waals surface area contributed by atoms with Crippen LogP contribution >= 0.6 is 0 Å². The number of likely N-dealkylation sites (N-methyl/N-ethyl adjacent to an activating group) is 1. The highest BCUT2D eigenvalue weighted by molar-refractivity contribution is 6.04. The maximum atomic E-state index is 12.0. The van der Waals surface area contributed by atoms with Crippen molar-refractivity contribution < 1.29 is 14.3 Å². The summed E-state index contributed by atoms with van der Waals surface area (Å²) in [5.74, 6) is 0.0559. The number of pyridine rings is 1. The van der Waals surface area contributed by atoms with Gasteiger partial charge >= 0.3 is 0 Å². The van der Waals surface area contributed by atoms with E-state index in [-0.39, 0.29) is 24.0 Å². The van der Waals surface area contributed by atoms with E-state index < -0.39 is 0 Å². The van der Waals surface area contributed by atoms with E-state index in [9.17, 15) is 14.4 Å². The molecule has 0 spiro atoms. The first-order valence-electron chi connectivity index (χ1n) is 6.89. The van der Waals surface area contributed by atoms with Gasteiger partial charge in [0.2, 0.25) is 5.56 Å². The highest BCUT2D eigenvalue weighted by Gasteiger charge is 2.07. The van der Waals surface area contributed by atoms with Crippen molar-refractivity contribution >= 4 is 17.5 Å². The summed E-state index contributed by atoms with van der Waals surface area (Å²) in [5, 5.41) is 2.70. The minimum absolute atomic E-state index is 0.0456. The molecule has 120 valence electrons. The molecule has 1 heterocycles. The van der Waals surface area contributed by atoms with E-state index in [1.807, 2.05) is 0 Å². The van der Waals surface area contributed by atoms with Gasteiger partial charge in [0.25, 0.3) is 11.8 Å². The Morgan fingerprint density at radius 1 is 1.13 bits per heavy atom. The van der Waals surface area contributed by atoms with Gasteiger partial charge in [0.15, 0.2) is 6.61 Å². The maximum absolute atomic E-state index is 12.0. The summed E-state index contributed by atoms with van der Waals surface area (Å²) in [7, 11) is 3.31. The molecule has 0 aliphatic heterocycles. The van der Waals surface area contributed by atoms with Crippen LogP contribution in [-0.4, -0.2) is 42.4 Å². The smallest absolute Gasteiger partial charge is 0.259 e. The van der Waals surface area contributed by atoms with Crippen LogP contribution in [-0.2, 0) is 4.79 Å². The fraction of sp³-hybridized carbons (Fsp3) is 0.188. The van der Waals surface area contributed by atoms with E-state index >= 15 is 0 Å². The van der Waals surface area contributed by atoms with Crippen LogP contribution in [0.25, 0.3) is 0 Å². The normalized spacial score (nSPS) is 10.0. The summed E-state index contributed by atoms with van der Waals surface area (Å²) in [6, 6.07) is 9.38. The number of aromatic amines is 1. The lowest BCUT2D eigenvalue weighted by atomic mass is 10.2. The lowest BCUT2D eigenvalue weighted by Gasteiger charge is -2.11. The number of carbonyl (C=O) groups excluding carboxylic acids is 2. The molecule has 0 fully saturated rings. The first-order chi connectivity index (χ1) is 11.0. The molecule has 2 aromatic rings. The molecule has 23 heavy (non-hydrogen) atoms. The average molecular weight is 315 g/mol. The summed E-state index contributed by atoms with van der Waals surface area (Å²) < 4.78 is 5.34. The summed E-state index contributed by atoms with van der Waals surface area (Å²) in [6.07, 6.45) is 1.35. The van der Waals surface area contributed by atoms with Gasteiger partial charge in [-0.3, -0.25) is 14.4 Å². The van der Waals surface area contributed by atoms with Crippen molar-refractivity contribution in [3.8, 4) is 5.75 Å². The van der Waals surface area contributed by atoms with Gasteiger partial charge in [0.1, 0.15) is 5.75 Å². The van der Waals surface area contributed by atoms with E-state index in [4.69, 9.17) is 4.74 Å². The quantitative estimate of drug-likeness (QED) is 0.864. The molecule has 0 aliphatic carbocycles. The minimum atomic E-state index is -0.335. The SMILES string of the molecule is CN(C)C(=O)COc1ccc(NC(=O)c2ccc(=O)[nH]c2)cc1. The lowest BCUT2D eigenvalue weighted by molar-refractivity contribution is -0.130. The van der Waals surface area contributed by atoms with Crippen molar-refractivity contribution in [3.63, 3.8) is 0 Å². The molecule has 7 nitrogen and oxygen atoms in total. The van der Waals surface area contributed by atoms with Crippen molar-refractivity contribution in [3.05, 3.63) is 58.5 Å². The summed E-state index contributed by atoms with van der Waals surface area (Å²) >= 11 is 0. The van der Waals surface area contributed by atoms with Crippen LogP contribution in [0.5, 0.6) is 5.75 Å². The van der Waals surface area contributed by atoms with Gasteiger partial charge in [-0.2, -0.15) is 0 Å². The lowest BCUT2D eigenvalue weighted by Crippen LogP contribution is -2.27. The number of benzene rings is 1. The Morgan fingerprint density at radius 3 is 2.39 bits per heavy atom. The van der Waals surface area contributed by atoms with E-state index in [1.54, 1.807) is 38.4 Å². The second-order valence-corrected chi connectivity index (χ2v) is 5.00. The summed E-state index contributed by atoms with van der Waals surface area (Å²) in [4.78, 5) is 38.3. The number of hydrogen-bond acceptors (Lipinski definition) is 4. The Kier molecular flexibility index (Phi) is 5.14. The highest BCUT2D eigenvalue weighted by Crippen LogP contribution is 2.16. The topological polar surface area (TPSA) is 91.5 Å².